The smallest absolute Gasteiger partial charge is 0.228 e. The topological polar surface area (TPSA) is 64.7 Å². The molecular weight excluding hydrogens is 256 g/mol. The van der Waals surface area contributed by atoms with Crippen LogP contribution in [0, 0.1) is 0 Å². The van der Waals surface area contributed by atoms with Crippen LogP contribution in [0.3, 0.4) is 0 Å². The van der Waals surface area contributed by atoms with Crippen LogP contribution >= 0.6 is 0 Å². The van der Waals surface area contributed by atoms with E-state index in [0.717, 1.165) is 43.1 Å². The first-order chi connectivity index (χ1) is 9.61. The Hall–Kier alpha value is -2.08. The van der Waals surface area contributed by atoms with E-state index in [4.69, 9.17) is 0 Å². The summed E-state index contributed by atoms with van der Waals surface area (Å²) in [6.45, 7) is 4.69. The Kier molecular flexibility index (Phi) is 3.31. The van der Waals surface area contributed by atoms with Crippen LogP contribution in [0.2, 0.25) is 0 Å². The molecule has 2 heterocycles. The number of hydrogen-bond donors (Lipinski definition) is 2. The average Bonchev–Trinajstić information content (AvgIpc) is 2.78. The van der Waals surface area contributed by atoms with Gasteiger partial charge in [-0.3, -0.25) is 9.59 Å². The van der Waals surface area contributed by atoms with E-state index in [-0.39, 0.29) is 11.8 Å². The maximum Gasteiger partial charge on any atom is 0.228 e. The summed E-state index contributed by atoms with van der Waals surface area (Å²) in [6.07, 6.45) is 0.447. The summed E-state index contributed by atoms with van der Waals surface area (Å²) in [5, 5.41) is 4.92. The molecule has 0 bridgehead atoms. The van der Waals surface area contributed by atoms with Gasteiger partial charge in [-0.1, -0.05) is 0 Å². The van der Waals surface area contributed by atoms with Gasteiger partial charge in [0.2, 0.25) is 11.8 Å². The Bertz CT molecular complexity index is 550. The normalized spacial score (nSPS) is 18.6. The van der Waals surface area contributed by atoms with Gasteiger partial charge in [-0.15, -0.1) is 0 Å². The van der Waals surface area contributed by atoms with Crippen LogP contribution in [0.5, 0.6) is 0 Å². The van der Waals surface area contributed by atoms with Crippen LogP contribution in [0.1, 0.15) is 12.5 Å². The highest BCUT2D eigenvalue weighted by Gasteiger charge is 2.20. The molecule has 0 aliphatic carbocycles. The number of nitrogens with one attached hydrogen (secondary N) is 2. The predicted molar refractivity (Wildman–Crippen MR) is 76.2 cm³/mol. The molecule has 1 saturated heterocycles. The number of hydrazine groups is 1. The van der Waals surface area contributed by atoms with Gasteiger partial charge >= 0.3 is 0 Å². The van der Waals surface area contributed by atoms with Crippen molar-refractivity contribution in [3.05, 3.63) is 23.8 Å². The molecule has 6 heteroatoms. The second-order valence-corrected chi connectivity index (χ2v) is 5.20. The summed E-state index contributed by atoms with van der Waals surface area (Å²) in [4.78, 5) is 24.4. The van der Waals surface area contributed by atoms with Crippen molar-refractivity contribution >= 4 is 23.2 Å². The lowest BCUT2D eigenvalue weighted by atomic mass is 10.1. The van der Waals surface area contributed by atoms with Crippen LogP contribution in [0.15, 0.2) is 18.2 Å². The predicted octanol–water partition coefficient (Wildman–Crippen LogP) is 0.672. The fraction of sp³-hybridized carbons (Fsp3) is 0.429. The molecule has 1 aromatic carbocycles. The van der Waals surface area contributed by atoms with Gasteiger partial charge in [-0.25, -0.2) is 5.01 Å². The number of piperazine rings is 1. The molecule has 0 aromatic heterocycles. The highest BCUT2D eigenvalue weighted by molar-refractivity contribution is 5.99. The third-order valence-corrected chi connectivity index (χ3v) is 3.74. The lowest BCUT2D eigenvalue weighted by Crippen LogP contribution is -2.49. The molecule has 2 aliphatic rings. The number of rotatable bonds is 2. The summed E-state index contributed by atoms with van der Waals surface area (Å²) in [5.41, 5.74) is 6.26. The summed E-state index contributed by atoms with van der Waals surface area (Å²) in [6, 6.07) is 5.89. The number of amides is 2. The monoisotopic (exact) mass is 274 g/mol. The Balaban J connectivity index is 1.61. The Labute approximate surface area is 117 Å². The van der Waals surface area contributed by atoms with E-state index in [2.05, 4.69) is 15.8 Å². The Morgan fingerprint density at radius 3 is 2.70 bits per heavy atom. The Morgan fingerprint density at radius 1 is 1.25 bits per heavy atom. The molecule has 6 nitrogen and oxygen atoms in total. The van der Waals surface area contributed by atoms with Crippen LogP contribution in [-0.4, -0.2) is 47.9 Å². The highest BCUT2D eigenvalue weighted by Crippen LogP contribution is 2.26. The molecule has 1 fully saturated rings. The first-order valence-corrected chi connectivity index (χ1v) is 6.82. The van der Waals surface area contributed by atoms with E-state index in [1.807, 2.05) is 23.1 Å². The maximum atomic E-state index is 11.3. The molecule has 3 rings (SSSR count). The fourth-order valence-corrected chi connectivity index (χ4v) is 2.61. The van der Waals surface area contributed by atoms with Crippen molar-refractivity contribution in [2.75, 3.05) is 36.9 Å². The third kappa shape index (κ3) is 2.60. The van der Waals surface area contributed by atoms with E-state index in [1.165, 1.54) is 0 Å². The van der Waals surface area contributed by atoms with Crippen LogP contribution in [0.4, 0.5) is 11.4 Å². The average molecular weight is 274 g/mol. The quantitative estimate of drug-likeness (QED) is 0.832. The summed E-state index contributed by atoms with van der Waals surface area (Å²) in [7, 11) is 0. The van der Waals surface area contributed by atoms with E-state index >= 15 is 0 Å². The van der Waals surface area contributed by atoms with Crippen LogP contribution < -0.4 is 10.7 Å². The zero-order chi connectivity index (χ0) is 14.1. The van der Waals surface area contributed by atoms with E-state index < -0.39 is 0 Å². The molecular formula is C14H18N4O2. The van der Waals surface area contributed by atoms with Gasteiger partial charge in [0.25, 0.3) is 0 Å². The number of benzene rings is 1. The zero-order valence-electron chi connectivity index (χ0n) is 11.5. The van der Waals surface area contributed by atoms with Crippen molar-refractivity contribution in [3.8, 4) is 0 Å². The van der Waals surface area contributed by atoms with Crippen molar-refractivity contribution in [2.24, 2.45) is 0 Å². The molecule has 0 atom stereocenters. The Morgan fingerprint density at radius 2 is 2.00 bits per heavy atom. The van der Waals surface area contributed by atoms with E-state index in [0.29, 0.717) is 6.42 Å². The van der Waals surface area contributed by atoms with Crippen molar-refractivity contribution in [3.63, 3.8) is 0 Å². The highest BCUT2D eigenvalue weighted by atomic mass is 16.2. The lowest BCUT2D eigenvalue weighted by molar-refractivity contribution is -0.130. The summed E-state index contributed by atoms with van der Waals surface area (Å²) >= 11 is 0. The minimum absolute atomic E-state index is 0.0484. The second kappa shape index (κ2) is 5.13. The number of hydrogen-bond acceptors (Lipinski definition) is 4. The van der Waals surface area contributed by atoms with Crippen LogP contribution in [0.25, 0.3) is 0 Å². The van der Waals surface area contributed by atoms with Crippen molar-refractivity contribution in [1.82, 2.24) is 9.91 Å². The minimum Gasteiger partial charge on any atom is -0.340 e. The van der Waals surface area contributed by atoms with Gasteiger partial charge in [0.15, 0.2) is 0 Å². The number of fused-ring (bicyclic) bond motifs is 1. The van der Waals surface area contributed by atoms with Gasteiger partial charge in [-0.2, -0.15) is 0 Å². The molecule has 0 saturated carbocycles. The summed E-state index contributed by atoms with van der Waals surface area (Å²) in [5.74, 6) is 0.180. The van der Waals surface area contributed by atoms with Gasteiger partial charge in [0.05, 0.1) is 6.42 Å². The van der Waals surface area contributed by atoms with E-state index in [1.54, 1.807) is 6.92 Å². The number of anilines is 2. The third-order valence-electron chi connectivity index (χ3n) is 3.74. The van der Waals surface area contributed by atoms with Gasteiger partial charge in [0.1, 0.15) is 0 Å². The first-order valence-electron chi connectivity index (χ1n) is 6.82. The largest absolute Gasteiger partial charge is 0.340 e. The molecule has 1 aromatic rings. The minimum atomic E-state index is 0.0484. The molecule has 106 valence electrons. The van der Waals surface area contributed by atoms with Crippen molar-refractivity contribution in [2.45, 2.75) is 13.3 Å². The lowest BCUT2D eigenvalue weighted by Gasteiger charge is -2.34. The second-order valence-electron chi connectivity index (χ2n) is 5.20. The van der Waals surface area contributed by atoms with Gasteiger partial charge < -0.3 is 15.6 Å². The molecule has 2 aliphatic heterocycles. The van der Waals surface area contributed by atoms with Crippen molar-refractivity contribution in [1.29, 1.82) is 0 Å². The molecule has 2 N–H and O–H groups in total. The zero-order valence-corrected chi connectivity index (χ0v) is 11.5. The SMILES string of the molecule is CC(=O)N1CCN(Nc2ccc3c(c2)CC(=O)N3)CC1. The molecule has 0 unspecified atom stereocenters. The number of carbonyl (C=O) groups is 2. The fourth-order valence-electron chi connectivity index (χ4n) is 2.61. The summed E-state index contributed by atoms with van der Waals surface area (Å²) < 4.78 is 0. The number of carbonyl (C=O) groups excluding carboxylic acids is 2. The van der Waals surface area contributed by atoms with Crippen molar-refractivity contribution < 1.29 is 9.59 Å². The molecule has 0 radical (unpaired) electrons. The standard InChI is InChI=1S/C14H18N4O2/c1-10(19)17-4-6-18(7-5-17)16-12-2-3-13-11(8-12)9-14(20)15-13/h2-3,8,16H,4-7,9H2,1H3,(H,15,20). The first kappa shape index (κ1) is 12.9. The maximum absolute atomic E-state index is 11.3. The molecule has 0 spiro atoms. The number of nitrogens with zero attached hydrogens (tertiary/aromatic N) is 2. The van der Waals surface area contributed by atoms with E-state index in [9.17, 15) is 9.59 Å². The van der Waals surface area contributed by atoms with Gasteiger partial charge in [0, 0.05) is 44.5 Å². The molecule has 20 heavy (non-hydrogen) atoms. The van der Waals surface area contributed by atoms with Crippen LogP contribution in [-0.2, 0) is 16.0 Å². The molecule has 2 amide bonds. The van der Waals surface area contributed by atoms with Gasteiger partial charge in [-0.05, 0) is 23.8 Å².